The summed E-state index contributed by atoms with van der Waals surface area (Å²) >= 11 is 0. The van der Waals surface area contributed by atoms with Gasteiger partial charge in [0, 0.05) is 6.54 Å². The molecule has 0 saturated heterocycles. The van der Waals surface area contributed by atoms with E-state index in [0.717, 1.165) is 18.6 Å². The molecule has 1 aromatic carbocycles. The van der Waals surface area contributed by atoms with Crippen LogP contribution in [0, 0.1) is 0 Å². The van der Waals surface area contributed by atoms with Crippen molar-refractivity contribution in [3.8, 4) is 5.75 Å². The Morgan fingerprint density at radius 1 is 1.20 bits per heavy atom. The summed E-state index contributed by atoms with van der Waals surface area (Å²) in [6.45, 7) is 2.15. The highest BCUT2D eigenvalue weighted by Gasteiger charge is 2.13. The molecule has 0 saturated carbocycles. The summed E-state index contributed by atoms with van der Waals surface area (Å²) in [5.41, 5.74) is 0. The summed E-state index contributed by atoms with van der Waals surface area (Å²) in [5.74, 6) is 0.889. The number of hydrogen-bond acceptors (Lipinski definition) is 4. The lowest BCUT2D eigenvalue weighted by Crippen LogP contribution is -2.29. The molecule has 0 unspecified atom stereocenters. The van der Waals surface area contributed by atoms with Gasteiger partial charge in [-0.05, 0) is 25.0 Å². The van der Waals surface area contributed by atoms with E-state index in [1.54, 1.807) is 0 Å². The second kappa shape index (κ2) is 8.09. The second-order valence-corrected chi connectivity index (χ2v) is 4.33. The number of nitrogens with one attached hydrogen (secondary N) is 1. The Kier molecular flexibility index (Phi) is 5.76. The van der Waals surface area contributed by atoms with Gasteiger partial charge in [0.25, 0.3) is 5.91 Å². The van der Waals surface area contributed by atoms with Gasteiger partial charge in [0.05, 0.1) is 6.61 Å². The number of unbranched alkanes of at least 4 members (excludes halogenated alkanes) is 1. The van der Waals surface area contributed by atoms with Gasteiger partial charge in [-0.2, -0.15) is 0 Å². The summed E-state index contributed by atoms with van der Waals surface area (Å²) < 4.78 is 15.8. The molecule has 0 aromatic heterocycles. The van der Waals surface area contributed by atoms with Gasteiger partial charge in [-0.15, -0.1) is 0 Å². The van der Waals surface area contributed by atoms with E-state index in [1.165, 1.54) is 6.26 Å². The fourth-order valence-corrected chi connectivity index (χ4v) is 1.71. The summed E-state index contributed by atoms with van der Waals surface area (Å²) in [4.78, 5) is 11.6. The van der Waals surface area contributed by atoms with Crippen molar-refractivity contribution >= 4 is 5.91 Å². The molecule has 0 radical (unpaired) electrons. The van der Waals surface area contributed by atoms with Gasteiger partial charge in [0.15, 0.2) is 0 Å². The molecule has 0 bridgehead atoms. The van der Waals surface area contributed by atoms with Crippen LogP contribution in [-0.2, 0) is 14.3 Å². The molecule has 5 heteroatoms. The number of rotatable bonds is 7. The predicted octanol–water partition coefficient (Wildman–Crippen LogP) is 1.85. The maximum atomic E-state index is 11.6. The number of para-hydroxylation sites is 1. The van der Waals surface area contributed by atoms with E-state index in [4.69, 9.17) is 14.2 Å². The van der Waals surface area contributed by atoms with Gasteiger partial charge >= 0.3 is 0 Å². The molecule has 1 aliphatic heterocycles. The smallest absolute Gasteiger partial charge is 0.289 e. The predicted molar refractivity (Wildman–Crippen MR) is 74.2 cm³/mol. The Bertz CT molecular complexity index is 444. The Morgan fingerprint density at radius 2 is 2.05 bits per heavy atom. The molecule has 0 atom stereocenters. The molecule has 0 spiro atoms. The lowest BCUT2D eigenvalue weighted by Gasteiger charge is -2.14. The highest BCUT2D eigenvalue weighted by molar-refractivity contribution is 5.91. The monoisotopic (exact) mass is 277 g/mol. The molecule has 1 aliphatic rings. The van der Waals surface area contributed by atoms with E-state index in [1.807, 2.05) is 30.3 Å². The van der Waals surface area contributed by atoms with Gasteiger partial charge in [-0.25, -0.2) is 0 Å². The van der Waals surface area contributed by atoms with Gasteiger partial charge in [0.1, 0.15) is 25.2 Å². The first kappa shape index (κ1) is 14.2. The number of amides is 1. The fourth-order valence-electron chi connectivity index (χ4n) is 1.71. The highest BCUT2D eigenvalue weighted by atomic mass is 16.6. The van der Waals surface area contributed by atoms with Crippen LogP contribution in [0.4, 0.5) is 0 Å². The molecule has 1 heterocycles. The summed E-state index contributed by atoms with van der Waals surface area (Å²) in [6, 6.07) is 9.68. The Morgan fingerprint density at radius 3 is 2.80 bits per heavy atom. The van der Waals surface area contributed by atoms with Gasteiger partial charge in [0.2, 0.25) is 5.76 Å². The van der Waals surface area contributed by atoms with Crippen molar-refractivity contribution in [2.75, 3.05) is 26.4 Å². The van der Waals surface area contributed by atoms with Crippen LogP contribution in [0.1, 0.15) is 12.8 Å². The SMILES string of the molecule is O=C(NCCCCOc1ccccc1)C1=COCCO1. The second-order valence-electron chi connectivity index (χ2n) is 4.33. The van der Waals surface area contributed by atoms with Crippen molar-refractivity contribution in [2.45, 2.75) is 12.8 Å². The average Bonchev–Trinajstić information content (AvgIpc) is 2.52. The number of carbonyl (C=O) groups excluding carboxylic acids is 1. The largest absolute Gasteiger partial charge is 0.494 e. The minimum Gasteiger partial charge on any atom is -0.494 e. The lowest BCUT2D eigenvalue weighted by molar-refractivity contribution is -0.122. The Hall–Kier alpha value is -2.17. The number of carbonyl (C=O) groups is 1. The molecule has 1 aromatic rings. The molecular weight excluding hydrogens is 258 g/mol. The van der Waals surface area contributed by atoms with Crippen molar-refractivity contribution < 1.29 is 19.0 Å². The van der Waals surface area contributed by atoms with Crippen LogP contribution in [0.3, 0.4) is 0 Å². The Labute approximate surface area is 118 Å². The van der Waals surface area contributed by atoms with E-state index < -0.39 is 0 Å². The minimum absolute atomic E-state index is 0.228. The quantitative estimate of drug-likeness (QED) is 0.773. The van der Waals surface area contributed by atoms with Crippen LogP contribution in [0.5, 0.6) is 5.75 Å². The number of benzene rings is 1. The van der Waals surface area contributed by atoms with E-state index in [0.29, 0.717) is 26.4 Å². The average molecular weight is 277 g/mol. The third-order valence-corrected chi connectivity index (χ3v) is 2.74. The zero-order valence-electron chi connectivity index (χ0n) is 11.3. The molecule has 0 fully saturated rings. The van der Waals surface area contributed by atoms with Crippen molar-refractivity contribution in [1.29, 1.82) is 0 Å². The summed E-state index contributed by atoms with van der Waals surface area (Å²) in [6.07, 6.45) is 3.09. The molecule has 5 nitrogen and oxygen atoms in total. The summed E-state index contributed by atoms with van der Waals surface area (Å²) in [7, 11) is 0. The van der Waals surface area contributed by atoms with Crippen LogP contribution < -0.4 is 10.1 Å². The van der Waals surface area contributed by atoms with Gasteiger partial charge in [-0.3, -0.25) is 4.79 Å². The molecule has 2 rings (SSSR count). The third kappa shape index (κ3) is 4.84. The molecule has 20 heavy (non-hydrogen) atoms. The normalized spacial score (nSPS) is 13.7. The fraction of sp³-hybridized carbons (Fsp3) is 0.400. The molecule has 0 aliphatic carbocycles. The maximum absolute atomic E-state index is 11.6. The van der Waals surface area contributed by atoms with Crippen LogP contribution in [0.2, 0.25) is 0 Å². The van der Waals surface area contributed by atoms with E-state index in [-0.39, 0.29) is 11.7 Å². The zero-order chi connectivity index (χ0) is 14.0. The van der Waals surface area contributed by atoms with Crippen LogP contribution in [0.15, 0.2) is 42.4 Å². The van der Waals surface area contributed by atoms with Crippen LogP contribution in [-0.4, -0.2) is 32.3 Å². The molecule has 1 amide bonds. The lowest BCUT2D eigenvalue weighted by atomic mass is 10.3. The van der Waals surface area contributed by atoms with Crippen molar-refractivity contribution in [3.05, 3.63) is 42.4 Å². The minimum atomic E-state index is -0.228. The van der Waals surface area contributed by atoms with E-state index >= 15 is 0 Å². The van der Waals surface area contributed by atoms with Gasteiger partial charge in [-0.1, -0.05) is 18.2 Å². The number of hydrogen-bond donors (Lipinski definition) is 1. The van der Waals surface area contributed by atoms with Crippen molar-refractivity contribution in [2.24, 2.45) is 0 Å². The first-order chi connectivity index (χ1) is 9.86. The maximum Gasteiger partial charge on any atom is 0.289 e. The van der Waals surface area contributed by atoms with E-state index in [2.05, 4.69) is 5.32 Å². The highest BCUT2D eigenvalue weighted by Crippen LogP contribution is 2.08. The van der Waals surface area contributed by atoms with Crippen molar-refractivity contribution in [1.82, 2.24) is 5.32 Å². The topological polar surface area (TPSA) is 56.8 Å². The van der Waals surface area contributed by atoms with E-state index in [9.17, 15) is 4.79 Å². The first-order valence-electron chi connectivity index (χ1n) is 6.77. The zero-order valence-corrected chi connectivity index (χ0v) is 11.3. The molecule has 108 valence electrons. The third-order valence-electron chi connectivity index (χ3n) is 2.74. The first-order valence-corrected chi connectivity index (χ1v) is 6.77. The molecular formula is C15H19NO4. The Balaban J connectivity index is 1.53. The van der Waals surface area contributed by atoms with Crippen LogP contribution in [0.25, 0.3) is 0 Å². The standard InChI is InChI=1S/C15H19NO4/c17-15(14-12-18-10-11-20-14)16-8-4-5-9-19-13-6-2-1-3-7-13/h1-3,6-7,12H,4-5,8-11H2,(H,16,17). The van der Waals surface area contributed by atoms with Crippen LogP contribution >= 0.6 is 0 Å². The van der Waals surface area contributed by atoms with Gasteiger partial charge < -0.3 is 19.5 Å². The number of ether oxygens (including phenoxy) is 3. The summed E-state index contributed by atoms with van der Waals surface area (Å²) in [5, 5.41) is 2.78. The van der Waals surface area contributed by atoms with Crippen molar-refractivity contribution in [3.63, 3.8) is 0 Å². The molecule has 1 N–H and O–H groups in total.